The van der Waals surface area contributed by atoms with Crippen molar-refractivity contribution in [3.8, 4) is 0 Å². The average molecular weight is 448 g/mol. The van der Waals surface area contributed by atoms with Crippen molar-refractivity contribution in [2.45, 2.75) is 20.1 Å². The van der Waals surface area contributed by atoms with Gasteiger partial charge < -0.3 is 10.1 Å². The molecule has 4 bridgehead atoms. The summed E-state index contributed by atoms with van der Waals surface area (Å²) in [4.78, 5) is 26.1. The van der Waals surface area contributed by atoms with Gasteiger partial charge >= 0.3 is 6.03 Å². The third-order valence-electron chi connectivity index (χ3n) is 5.47. The monoisotopic (exact) mass is 447 g/mol. The minimum absolute atomic E-state index is 0.182. The number of benzene rings is 2. The molecule has 0 unspecified atom stereocenters. The van der Waals surface area contributed by atoms with E-state index in [0.717, 1.165) is 22.4 Å². The minimum Gasteiger partial charge on any atom is -0.373 e. The molecule has 3 heterocycles. The van der Waals surface area contributed by atoms with E-state index in [1.807, 2.05) is 55.5 Å². The summed E-state index contributed by atoms with van der Waals surface area (Å²) in [5.74, 6) is 1.02. The lowest BCUT2D eigenvalue weighted by Gasteiger charge is -2.36. The smallest absolute Gasteiger partial charge is 0.330 e. The second kappa shape index (κ2) is 8.61. The molecule has 0 aliphatic carbocycles. The Hall–Kier alpha value is -3.42. The van der Waals surface area contributed by atoms with Crippen LogP contribution in [0.2, 0.25) is 5.02 Å². The maximum Gasteiger partial charge on any atom is 0.330 e. The molecule has 7 nitrogen and oxygen atoms in total. The molecular weight excluding hydrogens is 426 g/mol. The highest BCUT2D eigenvalue weighted by molar-refractivity contribution is 6.34. The van der Waals surface area contributed by atoms with Crippen LogP contribution >= 0.6 is 11.6 Å². The third kappa shape index (κ3) is 3.92. The van der Waals surface area contributed by atoms with E-state index in [4.69, 9.17) is 21.3 Å². The topological polar surface area (TPSA) is 70.6 Å². The summed E-state index contributed by atoms with van der Waals surface area (Å²) in [5.41, 5.74) is 4.40. The zero-order chi connectivity index (χ0) is 22.1. The predicted molar refractivity (Wildman–Crippen MR) is 126 cm³/mol. The Labute approximate surface area is 191 Å². The predicted octanol–water partition coefficient (Wildman–Crippen LogP) is 5.22. The van der Waals surface area contributed by atoms with Crippen molar-refractivity contribution in [3.05, 3.63) is 82.5 Å². The van der Waals surface area contributed by atoms with Crippen LogP contribution in [0.1, 0.15) is 16.7 Å². The molecule has 1 N–H and O–H groups in total. The number of nitrogens with zero attached hydrogens (tertiary/aromatic N) is 4. The number of carbonyl (C=O) groups is 1. The van der Waals surface area contributed by atoms with Crippen LogP contribution in [0.4, 0.5) is 27.9 Å². The number of fused-ring (bicyclic) bond motifs is 3. The van der Waals surface area contributed by atoms with Crippen molar-refractivity contribution in [2.75, 3.05) is 28.3 Å². The highest BCUT2D eigenvalue weighted by Gasteiger charge is 2.34. The third-order valence-corrected chi connectivity index (χ3v) is 5.77. The number of rotatable bonds is 1. The van der Waals surface area contributed by atoms with Crippen LogP contribution in [0.15, 0.2) is 60.8 Å². The summed E-state index contributed by atoms with van der Waals surface area (Å²) in [6.45, 7) is 3.60. The summed E-state index contributed by atoms with van der Waals surface area (Å²) < 4.78 is 5.75. The van der Waals surface area contributed by atoms with Gasteiger partial charge in [-0.15, -0.1) is 0 Å². The van der Waals surface area contributed by atoms with Gasteiger partial charge in [-0.05, 0) is 36.2 Å². The molecule has 3 aromatic rings. The van der Waals surface area contributed by atoms with Crippen molar-refractivity contribution < 1.29 is 9.53 Å². The lowest BCUT2D eigenvalue weighted by atomic mass is 10.1. The fourth-order valence-corrected chi connectivity index (χ4v) is 4.27. The molecular formula is C24H22ClN5O2. The standard InChI is InChI=1S/C24H22ClN5O2/c1-16-6-4-9-20(25)21(16)30-14-18-13-26-23-27-19-8-5-7-17(12-19)15-32-11-3-2-10-29(24(30)31)22(18)28-23/h2-9,12-13H,10-11,14-15H2,1H3,(H,26,27,28)/b3-2+. The second-order valence-corrected chi connectivity index (χ2v) is 8.15. The maximum absolute atomic E-state index is 13.6. The Morgan fingerprint density at radius 2 is 2.00 bits per heavy atom. The average Bonchev–Trinajstić information content (AvgIpc) is 2.78. The Morgan fingerprint density at radius 1 is 1.12 bits per heavy atom. The van der Waals surface area contributed by atoms with Crippen molar-refractivity contribution >= 4 is 40.8 Å². The van der Waals surface area contributed by atoms with Gasteiger partial charge in [0.15, 0.2) is 0 Å². The lowest BCUT2D eigenvalue weighted by Crippen LogP contribution is -2.48. The molecule has 0 fully saturated rings. The van der Waals surface area contributed by atoms with Gasteiger partial charge in [0.05, 0.1) is 30.5 Å². The number of hydrogen-bond acceptors (Lipinski definition) is 5. The number of carbonyl (C=O) groups excluding carboxylic acids is 1. The summed E-state index contributed by atoms with van der Waals surface area (Å²) in [7, 11) is 0. The maximum atomic E-state index is 13.6. The number of halogens is 1. The molecule has 162 valence electrons. The highest BCUT2D eigenvalue weighted by atomic mass is 35.5. The van der Waals surface area contributed by atoms with E-state index in [-0.39, 0.29) is 6.03 Å². The van der Waals surface area contributed by atoms with Gasteiger partial charge in [-0.25, -0.2) is 9.78 Å². The number of amides is 2. The first kappa shape index (κ1) is 20.5. The molecule has 0 radical (unpaired) electrons. The summed E-state index contributed by atoms with van der Waals surface area (Å²) >= 11 is 6.49. The first-order valence-corrected chi connectivity index (χ1v) is 10.8. The number of ether oxygens (including phenoxy) is 1. The number of urea groups is 1. The Bertz CT molecular complexity index is 1190. The zero-order valence-corrected chi connectivity index (χ0v) is 18.3. The first-order valence-electron chi connectivity index (χ1n) is 10.4. The number of anilines is 4. The van der Waals surface area contributed by atoms with Gasteiger partial charge in [-0.2, -0.15) is 4.98 Å². The molecule has 5 rings (SSSR count). The molecule has 8 heteroatoms. The molecule has 1 aromatic heterocycles. The molecule has 0 saturated heterocycles. The molecule has 2 aliphatic rings. The fraction of sp³-hybridized carbons (Fsp3) is 0.208. The summed E-state index contributed by atoms with van der Waals surface area (Å²) in [6.07, 6.45) is 5.61. The van der Waals surface area contributed by atoms with Crippen molar-refractivity contribution in [2.24, 2.45) is 0 Å². The normalized spacial score (nSPS) is 16.9. The van der Waals surface area contributed by atoms with E-state index in [0.29, 0.717) is 48.8 Å². The van der Waals surface area contributed by atoms with Gasteiger partial charge in [0, 0.05) is 24.0 Å². The quantitative estimate of drug-likeness (QED) is 0.518. The minimum atomic E-state index is -0.182. The van der Waals surface area contributed by atoms with E-state index >= 15 is 0 Å². The fourth-order valence-electron chi connectivity index (χ4n) is 3.94. The zero-order valence-electron chi connectivity index (χ0n) is 17.6. The van der Waals surface area contributed by atoms with Crippen molar-refractivity contribution in [1.29, 1.82) is 0 Å². The van der Waals surface area contributed by atoms with Gasteiger partial charge in [-0.1, -0.05) is 48.0 Å². The van der Waals surface area contributed by atoms with Crippen LogP contribution in [0.25, 0.3) is 0 Å². The summed E-state index contributed by atoms with van der Waals surface area (Å²) in [6, 6.07) is 13.4. The second-order valence-electron chi connectivity index (χ2n) is 7.74. The van der Waals surface area contributed by atoms with Crippen LogP contribution in [-0.2, 0) is 17.9 Å². The van der Waals surface area contributed by atoms with Gasteiger partial charge in [0.1, 0.15) is 5.82 Å². The number of aromatic nitrogens is 2. The van der Waals surface area contributed by atoms with Crippen LogP contribution < -0.4 is 15.1 Å². The lowest BCUT2D eigenvalue weighted by molar-refractivity contribution is 0.148. The van der Waals surface area contributed by atoms with Crippen LogP contribution in [0.3, 0.4) is 0 Å². The van der Waals surface area contributed by atoms with Crippen LogP contribution in [-0.4, -0.2) is 29.2 Å². The van der Waals surface area contributed by atoms with Gasteiger partial charge in [-0.3, -0.25) is 9.80 Å². The SMILES string of the molecule is Cc1cccc(Cl)c1N1Cc2cnc3nc2N(C/C=C/COCc2cccc(c2)N3)C1=O. The molecule has 32 heavy (non-hydrogen) atoms. The molecule has 0 saturated carbocycles. The number of hydrogen-bond donors (Lipinski definition) is 1. The van der Waals surface area contributed by atoms with E-state index in [2.05, 4.69) is 10.3 Å². The van der Waals surface area contributed by atoms with E-state index < -0.39 is 0 Å². The molecule has 0 atom stereocenters. The van der Waals surface area contributed by atoms with Gasteiger partial charge in [0.2, 0.25) is 5.95 Å². The number of aryl methyl sites for hydroxylation is 1. The van der Waals surface area contributed by atoms with E-state index in [9.17, 15) is 4.79 Å². The summed E-state index contributed by atoms with van der Waals surface area (Å²) in [5, 5.41) is 3.78. The Morgan fingerprint density at radius 3 is 2.88 bits per heavy atom. The molecule has 0 spiro atoms. The van der Waals surface area contributed by atoms with Gasteiger partial charge in [0.25, 0.3) is 0 Å². The highest BCUT2D eigenvalue weighted by Crippen LogP contribution is 2.36. The largest absolute Gasteiger partial charge is 0.373 e. The Kier molecular flexibility index (Phi) is 5.51. The van der Waals surface area contributed by atoms with E-state index in [1.165, 1.54) is 0 Å². The first-order chi connectivity index (χ1) is 15.6. The molecule has 2 aliphatic heterocycles. The number of nitrogens with one attached hydrogen (secondary N) is 1. The molecule has 2 aromatic carbocycles. The molecule has 2 amide bonds. The van der Waals surface area contributed by atoms with Crippen molar-refractivity contribution in [3.63, 3.8) is 0 Å². The number of para-hydroxylation sites is 1. The van der Waals surface area contributed by atoms with Crippen LogP contribution in [0, 0.1) is 6.92 Å². The van der Waals surface area contributed by atoms with Crippen molar-refractivity contribution in [1.82, 2.24) is 9.97 Å². The van der Waals surface area contributed by atoms with Crippen LogP contribution in [0.5, 0.6) is 0 Å². The Balaban J connectivity index is 1.58. The van der Waals surface area contributed by atoms with E-state index in [1.54, 1.807) is 22.1 Å².